The first-order valence-corrected chi connectivity index (χ1v) is 8.36. The fourth-order valence-corrected chi connectivity index (χ4v) is 3.03. The number of carbonyl (C=O) groups is 2. The predicted octanol–water partition coefficient (Wildman–Crippen LogP) is 2.44. The molecule has 0 saturated carbocycles. The minimum atomic E-state index is -1.03. The minimum Gasteiger partial charge on any atom is -0.477 e. The van der Waals surface area contributed by atoms with Crippen LogP contribution >= 0.6 is 0 Å². The number of pyridine rings is 1. The highest BCUT2D eigenvalue weighted by Crippen LogP contribution is 2.16. The van der Waals surface area contributed by atoms with Gasteiger partial charge in [-0.2, -0.15) is 0 Å². The summed E-state index contributed by atoms with van der Waals surface area (Å²) in [6.07, 6.45) is 0.816. The van der Waals surface area contributed by atoms with E-state index in [0.29, 0.717) is 31.0 Å². The summed E-state index contributed by atoms with van der Waals surface area (Å²) in [5.74, 6) is -0.351. The van der Waals surface area contributed by atoms with Crippen molar-refractivity contribution in [2.75, 3.05) is 31.1 Å². The van der Waals surface area contributed by atoms with Gasteiger partial charge in [0, 0.05) is 31.7 Å². The molecule has 1 amide bonds. The third-order valence-electron chi connectivity index (χ3n) is 4.33. The summed E-state index contributed by atoms with van der Waals surface area (Å²) < 4.78 is 0. The van der Waals surface area contributed by atoms with Crippen LogP contribution in [0.5, 0.6) is 0 Å². The van der Waals surface area contributed by atoms with E-state index in [4.69, 9.17) is 5.11 Å². The van der Waals surface area contributed by atoms with Crippen LogP contribution in [0.2, 0.25) is 0 Å². The van der Waals surface area contributed by atoms with Crippen LogP contribution in [0.3, 0.4) is 0 Å². The van der Waals surface area contributed by atoms with Gasteiger partial charge in [-0.1, -0.05) is 23.8 Å². The van der Waals surface area contributed by atoms with Crippen molar-refractivity contribution in [3.63, 3.8) is 0 Å². The molecule has 3 rings (SSSR count). The summed E-state index contributed by atoms with van der Waals surface area (Å²) in [4.78, 5) is 31.9. The molecule has 1 aromatic heterocycles. The fraction of sp³-hybridized carbons (Fsp3) is 0.316. The molecule has 6 nitrogen and oxygen atoms in total. The van der Waals surface area contributed by atoms with E-state index in [2.05, 4.69) is 4.98 Å². The molecular formula is C19H21N3O3. The molecule has 1 aliphatic rings. The van der Waals surface area contributed by atoms with Gasteiger partial charge in [0.2, 0.25) is 0 Å². The lowest BCUT2D eigenvalue weighted by Crippen LogP contribution is -2.35. The molecule has 0 aliphatic carbocycles. The molecule has 1 aromatic carbocycles. The second kappa shape index (κ2) is 7.34. The first-order chi connectivity index (χ1) is 12.0. The third kappa shape index (κ3) is 3.96. The van der Waals surface area contributed by atoms with E-state index in [1.807, 2.05) is 47.1 Å². The Hall–Kier alpha value is -2.89. The predicted molar refractivity (Wildman–Crippen MR) is 95.1 cm³/mol. The smallest absolute Gasteiger partial charge is 0.354 e. The maximum atomic E-state index is 12.7. The van der Waals surface area contributed by atoms with Gasteiger partial charge in [0.25, 0.3) is 5.91 Å². The number of aryl methyl sites for hydroxylation is 1. The standard InChI is InChI=1S/C19H21N3O3/c1-14-5-2-6-15(13-14)18(23)22-10-4-9-21(11-12-22)17-8-3-7-16(20-17)19(24)25/h2-3,5-8,13H,4,9-12H2,1H3,(H,24,25). The summed E-state index contributed by atoms with van der Waals surface area (Å²) in [7, 11) is 0. The highest BCUT2D eigenvalue weighted by Gasteiger charge is 2.21. The molecule has 6 heteroatoms. The largest absolute Gasteiger partial charge is 0.477 e. The summed E-state index contributed by atoms with van der Waals surface area (Å²) >= 11 is 0. The Labute approximate surface area is 146 Å². The third-order valence-corrected chi connectivity index (χ3v) is 4.33. The van der Waals surface area contributed by atoms with Crippen LogP contribution in [0.15, 0.2) is 42.5 Å². The van der Waals surface area contributed by atoms with Gasteiger partial charge in [0.05, 0.1) is 0 Å². The van der Waals surface area contributed by atoms with Gasteiger partial charge in [-0.05, 0) is 37.6 Å². The Morgan fingerprint density at radius 2 is 1.84 bits per heavy atom. The summed E-state index contributed by atoms with van der Waals surface area (Å²) in [5.41, 5.74) is 1.81. The van der Waals surface area contributed by atoms with E-state index in [1.165, 1.54) is 6.07 Å². The van der Waals surface area contributed by atoms with Crippen molar-refractivity contribution in [3.8, 4) is 0 Å². The van der Waals surface area contributed by atoms with Crippen molar-refractivity contribution in [2.24, 2.45) is 0 Å². The molecule has 0 unspecified atom stereocenters. The van der Waals surface area contributed by atoms with Gasteiger partial charge in [-0.25, -0.2) is 9.78 Å². The molecule has 0 radical (unpaired) electrons. The Kier molecular flexibility index (Phi) is 4.97. The van der Waals surface area contributed by atoms with Crippen LogP contribution in [0, 0.1) is 6.92 Å². The Bertz CT molecular complexity index is 791. The topological polar surface area (TPSA) is 73.7 Å². The molecule has 2 aromatic rings. The van der Waals surface area contributed by atoms with Crippen molar-refractivity contribution in [2.45, 2.75) is 13.3 Å². The summed E-state index contributed by atoms with van der Waals surface area (Å²) in [6, 6.07) is 12.6. The lowest BCUT2D eigenvalue weighted by Gasteiger charge is -2.23. The number of hydrogen-bond acceptors (Lipinski definition) is 4. The molecular weight excluding hydrogens is 318 g/mol. The van der Waals surface area contributed by atoms with Crippen molar-refractivity contribution >= 4 is 17.7 Å². The highest BCUT2D eigenvalue weighted by molar-refractivity contribution is 5.94. The van der Waals surface area contributed by atoms with Crippen molar-refractivity contribution < 1.29 is 14.7 Å². The normalized spacial score (nSPS) is 14.9. The molecule has 25 heavy (non-hydrogen) atoms. The summed E-state index contributed by atoms with van der Waals surface area (Å²) in [5, 5.41) is 9.09. The Morgan fingerprint density at radius 1 is 1.04 bits per heavy atom. The molecule has 0 bridgehead atoms. The van der Waals surface area contributed by atoms with Gasteiger partial charge >= 0.3 is 5.97 Å². The van der Waals surface area contributed by atoms with E-state index >= 15 is 0 Å². The number of carboxylic acid groups (broad SMARTS) is 1. The van der Waals surface area contributed by atoms with Crippen molar-refractivity contribution in [1.29, 1.82) is 0 Å². The maximum Gasteiger partial charge on any atom is 0.354 e. The van der Waals surface area contributed by atoms with E-state index in [0.717, 1.165) is 18.5 Å². The Balaban J connectivity index is 1.71. The highest BCUT2D eigenvalue weighted by atomic mass is 16.4. The first kappa shape index (κ1) is 17.0. The number of aromatic carboxylic acids is 1. The van der Waals surface area contributed by atoms with Crippen LogP contribution in [-0.4, -0.2) is 53.0 Å². The van der Waals surface area contributed by atoms with Crippen LogP contribution < -0.4 is 4.90 Å². The molecule has 1 N–H and O–H groups in total. The monoisotopic (exact) mass is 339 g/mol. The fourth-order valence-electron chi connectivity index (χ4n) is 3.03. The number of rotatable bonds is 3. The number of carboxylic acids is 1. The number of nitrogens with zero attached hydrogens (tertiary/aromatic N) is 3. The number of carbonyl (C=O) groups excluding carboxylic acids is 1. The zero-order chi connectivity index (χ0) is 17.8. The molecule has 2 heterocycles. The minimum absolute atomic E-state index is 0.0365. The number of benzene rings is 1. The van der Waals surface area contributed by atoms with E-state index in [1.54, 1.807) is 6.07 Å². The lowest BCUT2D eigenvalue weighted by molar-refractivity contribution is 0.0689. The average Bonchev–Trinajstić information content (AvgIpc) is 2.87. The Morgan fingerprint density at radius 3 is 2.60 bits per heavy atom. The van der Waals surface area contributed by atoms with Gasteiger partial charge < -0.3 is 14.9 Å². The molecule has 0 atom stereocenters. The number of amides is 1. The van der Waals surface area contributed by atoms with Crippen molar-refractivity contribution in [3.05, 3.63) is 59.3 Å². The molecule has 1 fully saturated rings. The van der Waals surface area contributed by atoms with E-state index in [9.17, 15) is 9.59 Å². The first-order valence-electron chi connectivity index (χ1n) is 8.36. The summed E-state index contributed by atoms with van der Waals surface area (Å²) in [6.45, 7) is 4.62. The molecule has 1 aliphatic heterocycles. The van der Waals surface area contributed by atoms with Crippen LogP contribution in [-0.2, 0) is 0 Å². The second-order valence-electron chi connectivity index (χ2n) is 6.19. The zero-order valence-electron chi connectivity index (χ0n) is 14.2. The van der Waals surface area contributed by atoms with Crippen LogP contribution in [0.1, 0.15) is 32.8 Å². The lowest BCUT2D eigenvalue weighted by atomic mass is 10.1. The van der Waals surface area contributed by atoms with Gasteiger partial charge in [0.1, 0.15) is 5.82 Å². The van der Waals surface area contributed by atoms with Crippen molar-refractivity contribution in [1.82, 2.24) is 9.88 Å². The van der Waals surface area contributed by atoms with Gasteiger partial charge in [-0.15, -0.1) is 0 Å². The number of hydrogen-bond donors (Lipinski definition) is 1. The van der Waals surface area contributed by atoms with Gasteiger partial charge in [0.15, 0.2) is 5.69 Å². The number of anilines is 1. The molecule has 0 spiro atoms. The van der Waals surface area contributed by atoms with Crippen LogP contribution in [0.25, 0.3) is 0 Å². The van der Waals surface area contributed by atoms with E-state index in [-0.39, 0.29) is 11.6 Å². The van der Waals surface area contributed by atoms with Gasteiger partial charge in [-0.3, -0.25) is 4.79 Å². The zero-order valence-corrected chi connectivity index (χ0v) is 14.2. The SMILES string of the molecule is Cc1cccc(C(=O)N2CCCN(c3cccc(C(=O)O)n3)CC2)c1. The van der Waals surface area contributed by atoms with Crippen LogP contribution in [0.4, 0.5) is 5.82 Å². The number of aromatic nitrogens is 1. The molecule has 130 valence electrons. The second-order valence-corrected chi connectivity index (χ2v) is 6.19. The molecule has 1 saturated heterocycles. The maximum absolute atomic E-state index is 12.7. The quantitative estimate of drug-likeness (QED) is 0.930. The average molecular weight is 339 g/mol. The van der Waals surface area contributed by atoms with E-state index < -0.39 is 5.97 Å².